The van der Waals surface area contributed by atoms with Gasteiger partial charge in [-0.05, 0) is 32.0 Å². The van der Waals surface area contributed by atoms with Gasteiger partial charge in [-0.1, -0.05) is 18.2 Å². The summed E-state index contributed by atoms with van der Waals surface area (Å²) in [6, 6.07) is 11.3. The van der Waals surface area contributed by atoms with Crippen LogP contribution in [0.1, 0.15) is 27.6 Å². The van der Waals surface area contributed by atoms with Crippen LogP contribution in [0, 0.1) is 13.8 Å². The summed E-state index contributed by atoms with van der Waals surface area (Å²) in [6.45, 7) is 3.74. The zero-order valence-corrected chi connectivity index (χ0v) is 10.3. The minimum Gasteiger partial charge on any atom is -0.458 e. The Kier molecular flexibility index (Phi) is 2.33. The molecule has 0 saturated carbocycles. The number of hydrogen-bond acceptors (Lipinski definition) is 2. The van der Waals surface area contributed by atoms with Gasteiger partial charge in [0, 0.05) is 16.6 Å². The van der Waals surface area contributed by atoms with E-state index in [0.717, 1.165) is 22.4 Å². The Morgan fingerprint density at radius 3 is 2.61 bits per heavy atom. The number of H-pyrrole nitrogens is 1. The van der Waals surface area contributed by atoms with Crippen molar-refractivity contribution in [2.45, 2.75) is 13.8 Å². The Morgan fingerprint density at radius 2 is 1.89 bits per heavy atom. The third kappa shape index (κ3) is 1.56. The van der Waals surface area contributed by atoms with E-state index in [1.807, 2.05) is 38.1 Å². The molecule has 0 aliphatic carbocycles. The largest absolute Gasteiger partial charge is 0.458 e. The van der Waals surface area contributed by atoms with Crippen LogP contribution in [-0.2, 0) is 0 Å². The number of carbonyl (C=O) groups is 1. The lowest BCUT2D eigenvalue weighted by Crippen LogP contribution is -2.00. The molecule has 2 aromatic heterocycles. The van der Waals surface area contributed by atoms with Crippen LogP contribution >= 0.6 is 0 Å². The molecule has 0 bridgehead atoms. The number of furan rings is 1. The summed E-state index contributed by atoms with van der Waals surface area (Å²) in [5.74, 6) is 1.06. The molecule has 0 aliphatic rings. The topological polar surface area (TPSA) is 46.0 Å². The van der Waals surface area contributed by atoms with Crippen LogP contribution in [-0.4, -0.2) is 10.8 Å². The Balaban J connectivity index is 2.20. The van der Waals surface area contributed by atoms with Gasteiger partial charge in [-0.3, -0.25) is 4.79 Å². The number of aromatic nitrogens is 1. The van der Waals surface area contributed by atoms with E-state index in [1.165, 1.54) is 0 Å². The summed E-state index contributed by atoms with van der Waals surface area (Å²) in [5.41, 5.74) is 2.54. The van der Waals surface area contributed by atoms with Crippen LogP contribution in [0.3, 0.4) is 0 Å². The number of carbonyl (C=O) groups excluding carboxylic acids is 1. The summed E-state index contributed by atoms with van der Waals surface area (Å²) < 4.78 is 5.41. The molecule has 0 amide bonds. The molecule has 0 spiro atoms. The van der Waals surface area contributed by atoms with Gasteiger partial charge in [0.15, 0.2) is 5.76 Å². The summed E-state index contributed by atoms with van der Waals surface area (Å²) in [5, 5.41) is 0.939. The second-order valence-electron chi connectivity index (χ2n) is 4.41. The molecule has 0 fully saturated rings. The maximum absolute atomic E-state index is 12.4. The molecule has 0 saturated heterocycles. The number of nitrogens with one attached hydrogen (secondary N) is 1. The lowest BCUT2D eigenvalue weighted by molar-refractivity contribution is 0.101. The number of fused-ring (bicyclic) bond motifs is 1. The minimum atomic E-state index is -0.0712. The quantitative estimate of drug-likeness (QED) is 0.694. The Bertz CT molecular complexity index is 734. The lowest BCUT2D eigenvalue weighted by Gasteiger charge is -1.97. The van der Waals surface area contributed by atoms with Crippen LogP contribution in [0.4, 0.5) is 0 Å². The Labute approximate surface area is 104 Å². The van der Waals surface area contributed by atoms with Crippen molar-refractivity contribution in [1.82, 2.24) is 4.98 Å². The smallest absolute Gasteiger partial charge is 0.230 e. The van der Waals surface area contributed by atoms with E-state index in [9.17, 15) is 4.79 Å². The first-order valence-corrected chi connectivity index (χ1v) is 5.85. The Hall–Kier alpha value is -2.29. The number of aromatic amines is 1. The number of aryl methyl sites for hydroxylation is 2. The SMILES string of the molecule is Cc1ccc(C(=O)c2c(C)[nH]c3ccccc23)o1. The van der Waals surface area contributed by atoms with Crippen LogP contribution in [0.25, 0.3) is 10.9 Å². The maximum Gasteiger partial charge on any atom is 0.230 e. The first kappa shape index (κ1) is 10.8. The normalized spacial score (nSPS) is 11.0. The van der Waals surface area contributed by atoms with E-state index < -0.39 is 0 Å². The first-order chi connectivity index (χ1) is 8.66. The highest BCUT2D eigenvalue weighted by Gasteiger charge is 2.19. The monoisotopic (exact) mass is 239 g/mol. The zero-order valence-electron chi connectivity index (χ0n) is 10.3. The van der Waals surface area contributed by atoms with Crippen LogP contribution in [0.5, 0.6) is 0 Å². The van der Waals surface area contributed by atoms with Gasteiger partial charge in [-0.15, -0.1) is 0 Å². The van der Waals surface area contributed by atoms with Crippen molar-refractivity contribution in [2.75, 3.05) is 0 Å². The minimum absolute atomic E-state index is 0.0712. The van der Waals surface area contributed by atoms with Gasteiger partial charge in [0.05, 0.1) is 5.56 Å². The van der Waals surface area contributed by atoms with Crippen molar-refractivity contribution in [3.63, 3.8) is 0 Å². The average Bonchev–Trinajstić information content (AvgIpc) is 2.91. The van der Waals surface area contributed by atoms with Crippen LogP contribution in [0.2, 0.25) is 0 Å². The molecular weight excluding hydrogens is 226 g/mol. The molecule has 0 aliphatic heterocycles. The second kappa shape index (κ2) is 3.88. The number of ketones is 1. The van der Waals surface area contributed by atoms with E-state index in [4.69, 9.17) is 4.42 Å². The molecule has 3 aromatic rings. The molecular formula is C15H13NO2. The number of hydrogen-bond donors (Lipinski definition) is 1. The first-order valence-electron chi connectivity index (χ1n) is 5.85. The molecule has 1 N–H and O–H groups in total. The lowest BCUT2D eigenvalue weighted by atomic mass is 10.1. The molecule has 0 atom stereocenters. The zero-order chi connectivity index (χ0) is 12.7. The molecule has 1 aromatic carbocycles. The fraction of sp³-hybridized carbons (Fsp3) is 0.133. The van der Waals surface area contributed by atoms with Gasteiger partial charge in [0.25, 0.3) is 0 Å². The van der Waals surface area contributed by atoms with Crippen molar-refractivity contribution in [2.24, 2.45) is 0 Å². The maximum atomic E-state index is 12.4. The fourth-order valence-corrected chi connectivity index (χ4v) is 2.25. The highest BCUT2D eigenvalue weighted by atomic mass is 16.3. The Morgan fingerprint density at radius 1 is 1.11 bits per heavy atom. The number of para-hydroxylation sites is 1. The van der Waals surface area contributed by atoms with Crippen molar-refractivity contribution in [1.29, 1.82) is 0 Å². The molecule has 0 unspecified atom stereocenters. The van der Waals surface area contributed by atoms with Crippen molar-refractivity contribution >= 4 is 16.7 Å². The van der Waals surface area contributed by atoms with Crippen molar-refractivity contribution in [3.8, 4) is 0 Å². The van der Waals surface area contributed by atoms with E-state index >= 15 is 0 Å². The van der Waals surface area contributed by atoms with E-state index in [0.29, 0.717) is 11.3 Å². The molecule has 3 nitrogen and oxygen atoms in total. The standard InChI is InChI=1S/C15H13NO2/c1-9-7-8-13(18-9)15(17)14-10(2)16-12-6-4-3-5-11(12)14/h3-8,16H,1-2H3. The predicted molar refractivity (Wildman–Crippen MR) is 69.9 cm³/mol. The number of benzene rings is 1. The van der Waals surface area contributed by atoms with Gasteiger partial charge in [0.1, 0.15) is 5.76 Å². The summed E-state index contributed by atoms with van der Waals surface area (Å²) >= 11 is 0. The van der Waals surface area contributed by atoms with Gasteiger partial charge in [-0.2, -0.15) is 0 Å². The molecule has 90 valence electrons. The summed E-state index contributed by atoms with van der Waals surface area (Å²) in [6.07, 6.45) is 0. The van der Waals surface area contributed by atoms with Crippen molar-refractivity contribution < 1.29 is 9.21 Å². The molecule has 3 heteroatoms. The van der Waals surface area contributed by atoms with Gasteiger partial charge in [-0.25, -0.2) is 0 Å². The van der Waals surface area contributed by atoms with Gasteiger partial charge in [0.2, 0.25) is 5.78 Å². The van der Waals surface area contributed by atoms with Crippen LogP contribution < -0.4 is 0 Å². The summed E-state index contributed by atoms with van der Waals surface area (Å²) in [7, 11) is 0. The average molecular weight is 239 g/mol. The molecule has 3 rings (SSSR count). The fourth-order valence-electron chi connectivity index (χ4n) is 2.25. The van der Waals surface area contributed by atoms with Crippen LogP contribution in [0.15, 0.2) is 40.8 Å². The second-order valence-corrected chi connectivity index (χ2v) is 4.41. The third-order valence-corrected chi connectivity index (χ3v) is 3.08. The molecule has 18 heavy (non-hydrogen) atoms. The molecule has 2 heterocycles. The summed E-state index contributed by atoms with van der Waals surface area (Å²) in [4.78, 5) is 15.7. The highest BCUT2D eigenvalue weighted by molar-refractivity contribution is 6.16. The van der Waals surface area contributed by atoms with Gasteiger partial charge < -0.3 is 9.40 Å². The van der Waals surface area contributed by atoms with E-state index in [1.54, 1.807) is 12.1 Å². The number of rotatable bonds is 2. The predicted octanol–water partition coefficient (Wildman–Crippen LogP) is 3.61. The van der Waals surface area contributed by atoms with Gasteiger partial charge >= 0.3 is 0 Å². The van der Waals surface area contributed by atoms with E-state index in [-0.39, 0.29) is 5.78 Å². The third-order valence-electron chi connectivity index (χ3n) is 3.08. The van der Waals surface area contributed by atoms with Crippen molar-refractivity contribution in [3.05, 3.63) is 59.2 Å². The highest BCUT2D eigenvalue weighted by Crippen LogP contribution is 2.25. The van der Waals surface area contributed by atoms with E-state index in [2.05, 4.69) is 4.98 Å². The molecule has 0 radical (unpaired) electrons.